The highest BCUT2D eigenvalue weighted by Crippen LogP contribution is 2.39. The van der Waals surface area contributed by atoms with E-state index in [-0.39, 0.29) is 27.4 Å². The zero-order chi connectivity index (χ0) is 25.5. The van der Waals surface area contributed by atoms with Gasteiger partial charge in [-0.05, 0) is 30.3 Å². The number of alkyl halides is 2. The molecule has 3 N–H and O–H groups in total. The minimum Gasteiger partial charge on any atom is -0.485 e. The Labute approximate surface area is 207 Å². The van der Waals surface area contributed by atoms with E-state index in [0.717, 1.165) is 0 Å². The molecule has 0 fully saturated rings. The number of methoxy groups -OCH3 is 1. The van der Waals surface area contributed by atoms with Crippen LogP contribution in [-0.2, 0) is 0 Å². The average Bonchev–Trinajstić information content (AvgIpc) is 3.31. The van der Waals surface area contributed by atoms with Gasteiger partial charge in [0.1, 0.15) is 12.4 Å². The molecule has 2 aromatic heterocycles. The molecule has 0 aliphatic carbocycles. The number of hydrogen-bond donors (Lipinski definition) is 3. The topological polar surface area (TPSA) is 128 Å². The van der Waals surface area contributed by atoms with Gasteiger partial charge < -0.3 is 19.3 Å². The number of hydrogen-bond acceptors (Lipinski definition) is 7. The number of nitrogens with one attached hydrogen (secondary N) is 3. The molecule has 0 saturated carbocycles. The van der Waals surface area contributed by atoms with E-state index in [1.54, 1.807) is 19.1 Å². The SMILES string of the molecule is COc1cc(C(=O)NNC(=O)N[C@@H](C)c2ccc(-c3cc(Cl)cc(Cl)c3OCC(F)F)cn2)on1. The number of hydrazine groups is 1. The van der Waals surface area contributed by atoms with Crippen molar-refractivity contribution in [1.82, 2.24) is 26.3 Å². The molecular formula is C21H19Cl2F2N5O5. The van der Waals surface area contributed by atoms with Gasteiger partial charge >= 0.3 is 11.9 Å². The lowest BCUT2D eigenvalue weighted by atomic mass is 10.1. The molecule has 10 nitrogen and oxygen atoms in total. The highest BCUT2D eigenvalue weighted by molar-refractivity contribution is 6.36. The van der Waals surface area contributed by atoms with Gasteiger partial charge in [-0.3, -0.25) is 15.2 Å². The van der Waals surface area contributed by atoms with Crippen molar-refractivity contribution < 1.29 is 32.4 Å². The van der Waals surface area contributed by atoms with E-state index < -0.39 is 31.0 Å². The van der Waals surface area contributed by atoms with Crippen molar-refractivity contribution in [2.75, 3.05) is 13.7 Å². The van der Waals surface area contributed by atoms with E-state index in [1.165, 1.54) is 31.5 Å². The van der Waals surface area contributed by atoms with Crippen LogP contribution >= 0.6 is 23.2 Å². The summed E-state index contributed by atoms with van der Waals surface area (Å²) in [7, 11) is 1.36. The van der Waals surface area contributed by atoms with Gasteiger partial charge in [0.25, 0.3) is 12.3 Å². The van der Waals surface area contributed by atoms with Crippen molar-refractivity contribution in [3.63, 3.8) is 0 Å². The normalized spacial score (nSPS) is 11.6. The van der Waals surface area contributed by atoms with Crippen molar-refractivity contribution in [3.8, 4) is 22.8 Å². The number of aromatic nitrogens is 2. The minimum atomic E-state index is -2.68. The van der Waals surface area contributed by atoms with E-state index in [9.17, 15) is 18.4 Å². The molecule has 0 unspecified atom stereocenters. The highest BCUT2D eigenvalue weighted by Gasteiger charge is 2.18. The second kappa shape index (κ2) is 11.7. The second-order valence-corrected chi connectivity index (χ2v) is 7.79. The molecule has 0 bridgehead atoms. The Morgan fingerprint density at radius 1 is 1.17 bits per heavy atom. The summed E-state index contributed by atoms with van der Waals surface area (Å²) in [4.78, 5) is 28.4. The molecule has 0 aliphatic rings. The minimum absolute atomic E-state index is 0.0524. The maximum atomic E-state index is 12.6. The van der Waals surface area contributed by atoms with Crippen LogP contribution in [0.4, 0.5) is 13.6 Å². The van der Waals surface area contributed by atoms with Crippen molar-refractivity contribution in [1.29, 1.82) is 0 Å². The van der Waals surface area contributed by atoms with Crippen LogP contribution in [-0.4, -0.2) is 42.2 Å². The Balaban J connectivity index is 1.63. The van der Waals surface area contributed by atoms with Gasteiger partial charge in [0.05, 0.1) is 29.9 Å². The van der Waals surface area contributed by atoms with Crippen molar-refractivity contribution in [2.45, 2.75) is 19.4 Å². The van der Waals surface area contributed by atoms with Crippen molar-refractivity contribution in [3.05, 3.63) is 58.0 Å². The van der Waals surface area contributed by atoms with Gasteiger partial charge in [0, 0.05) is 22.3 Å². The van der Waals surface area contributed by atoms with Crippen LogP contribution in [0.25, 0.3) is 11.1 Å². The van der Waals surface area contributed by atoms with Gasteiger partial charge in [-0.2, -0.15) is 0 Å². The molecule has 0 saturated heterocycles. The first kappa shape index (κ1) is 26.0. The molecule has 2 heterocycles. The number of benzene rings is 1. The molecule has 3 amide bonds. The number of nitrogens with zero attached hydrogens (tertiary/aromatic N) is 2. The van der Waals surface area contributed by atoms with E-state index in [1.807, 2.05) is 0 Å². The molecule has 3 aromatic rings. The summed E-state index contributed by atoms with van der Waals surface area (Å²) in [6.07, 6.45) is -1.22. The first-order valence-corrected chi connectivity index (χ1v) is 10.7. The van der Waals surface area contributed by atoms with Crippen LogP contribution in [0.5, 0.6) is 11.6 Å². The number of pyridine rings is 1. The monoisotopic (exact) mass is 529 g/mol. The summed E-state index contributed by atoms with van der Waals surface area (Å²) in [5.41, 5.74) is 5.69. The van der Waals surface area contributed by atoms with Gasteiger partial charge in [0.2, 0.25) is 5.76 Å². The summed E-state index contributed by atoms with van der Waals surface area (Å²) < 4.78 is 40.0. The second-order valence-electron chi connectivity index (χ2n) is 6.95. The molecule has 0 radical (unpaired) electrons. The lowest BCUT2D eigenvalue weighted by Crippen LogP contribution is -2.47. The van der Waals surface area contributed by atoms with Crippen LogP contribution in [0, 0.1) is 0 Å². The summed E-state index contributed by atoms with van der Waals surface area (Å²) in [5.74, 6) is -0.742. The van der Waals surface area contributed by atoms with Crippen LogP contribution < -0.4 is 25.6 Å². The molecule has 3 rings (SSSR count). The predicted molar refractivity (Wildman–Crippen MR) is 122 cm³/mol. The molecule has 1 aromatic carbocycles. The lowest BCUT2D eigenvalue weighted by Gasteiger charge is -2.16. The molecule has 1 atom stereocenters. The van der Waals surface area contributed by atoms with Crippen molar-refractivity contribution >= 4 is 35.1 Å². The maximum Gasteiger partial charge on any atom is 0.334 e. The molecule has 186 valence electrons. The Morgan fingerprint density at radius 3 is 2.57 bits per heavy atom. The first-order valence-electron chi connectivity index (χ1n) is 9.91. The first-order chi connectivity index (χ1) is 16.7. The van der Waals surface area contributed by atoms with Crippen LogP contribution in [0.15, 0.2) is 41.1 Å². The fourth-order valence-corrected chi connectivity index (χ4v) is 3.38. The summed E-state index contributed by atoms with van der Waals surface area (Å²) in [6, 6.07) is 6.14. The molecule has 14 heteroatoms. The van der Waals surface area contributed by atoms with E-state index in [4.69, 9.17) is 37.2 Å². The highest BCUT2D eigenvalue weighted by atomic mass is 35.5. The van der Waals surface area contributed by atoms with E-state index >= 15 is 0 Å². The Hall–Kier alpha value is -3.64. The number of carbonyl (C=O) groups excluding carboxylic acids is 2. The van der Waals surface area contributed by atoms with Crippen LogP contribution in [0.2, 0.25) is 10.0 Å². The third kappa shape index (κ3) is 6.93. The van der Waals surface area contributed by atoms with Gasteiger partial charge in [0.15, 0.2) is 0 Å². The van der Waals surface area contributed by atoms with Gasteiger partial charge in [-0.15, -0.1) is 0 Å². The zero-order valence-electron chi connectivity index (χ0n) is 18.3. The Morgan fingerprint density at radius 2 is 1.94 bits per heavy atom. The molecule has 0 spiro atoms. The molecule has 35 heavy (non-hydrogen) atoms. The van der Waals surface area contributed by atoms with E-state index in [0.29, 0.717) is 16.8 Å². The number of carbonyl (C=O) groups is 2. The Bertz CT molecular complexity index is 1190. The predicted octanol–water partition coefficient (Wildman–Crippen LogP) is 4.40. The van der Waals surface area contributed by atoms with E-state index in [2.05, 4.69) is 26.3 Å². The fraction of sp³-hybridized carbons (Fsp3) is 0.238. The average molecular weight is 530 g/mol. The lowest BCUT2D eigenvalue weighted by molar-refractivity contribution is 0.0822. The van der Waals surface area contributed by atoms with Crippen LogP contribution in [0.1, 0.15) is 29.2 Å². The van der Waals surface area contributed by atoms with Crippen LogP contribution in [0.3, 0.4) is 0 Å². The Kier molecular flexibility index (Phi) is 8.66. The third-order valence-electron chi connectivity index (χ3n) is 4.46. The maximum absolute atomic E-state index is 12.6. The van der Waals surface area contributed by atoms with Gasteiger partial charge in [-0.1, -0.05) is 29.3 Å². The number of urea groups is 1. The quantitative estimate of drug-likeness (QED) is 0.369. The molecule has 0 aliphatic heterocycles. The van der Waals surface area contributed by atoms with Crippen molar-refractivity contribution in [2.24, 2.45) is 0 Å². The fourth-order valence-electron chi connectivity index (χ4n) is 2.83. The molecular weight excluding hydrogens is 511 g/mol. The number of halogens is 4. The summed E-state index contributed by atoms with van der Waals surface area (Å²) in [6.45, 7) is 0.828. The number of rotatable bonds is 8. The van der Waals surface area contributed by atoms with Gasteiger partial charge in [-0.25, -0.2) is 19.0 Å². The summed E-state index contributed by atoms with van der Waals surface area (Å²) >= 11 is 12.2. The number of amides is 3. The number of ether oxygens (including phenoxy) is 2. The zero-order valence-corrected chi connectivity index (χ0v) is 19.8. The standard InChI is InChI=1S/C21H19Cl2F2N5O5/c1-10(27-21(32)29-28-20(31)16-7-18(33-2)30-35-16)15-4-3-11(8-26-15)13-5-12(22)6-14(23)19(13)34-9-17(24)25/h3-8,10,17H,9H2,1-2H3,(H,28,31)(H2,27,29,32)/t10-/m0/s1. The summed E-state index contributed by atoms with van der Waals surface area (Å²) in [5, 5.41) is 6.44. The largest absolute Gasteiger partial charge is 0.485 e. The smallest absolute Gasteiger partial charge is 0.334 e. The third-order valence-corrected chi connectivity index (χ3v) is 4.96.